The number of aryl methyl sites for hydroxylation is 1. The number of fused-ring (bicyclic) bond motifs is 1. The molecule has 0 bridgehead atoms. The minimum absolute atomic E-state index is 0.153. The number of nitrogens with zero attached hydrogens (tertiary/aromatic N) is 2. The SMILES string of the molecule is COc1nc2c(Cl)c(CO)cnc2cc1C. The van der Waals surface area contributed by atoms with Crippen LogP contribution in [0.4, 0.5) is 0 Å². The van der Waals surface area contributed by atoms with Gasteiger partial charge in [-0.1, -0.05) is 11.6 Å². The molecule has 0 saturated carbocycles. The summed E-state index contributed by atoms with van der Waals surface area (Å²) in [6.07, 6.45) is 1.55. The normalized spacial score (nSPS) is 10.8. The highest BCUT2D eigenvalue weighted by atomic mass is 35.5. The molecule has 0 spiro atoms. The molecule has 2 rings (SSSR count). The first kappa shape index (κ1) is 11.1. The molecule has 0 amide bonds. The zero-order valence-electron chi connectivity index (χ0n) is 8.99. The number of hydrogen-bond acceptors (Lipinski definition) is 4. The summed E-state index contributed by atoms with van der Waals surface area (Å²) in [4.78, 5) is 8.46. The zero-order chi connectivity index (χ0) is 11.7. The molecule has 1 N–H and O–H groups in total. The van der Waals surface area contributed by atoms with E-state index in [0.717, 1.165) is 5.56 Å². The number of rotatable bonds is 2. The number of hydrogen-bond donors (Lipinski definition) is 1. The van der Waals surface area contributed by atoms with Gasteiger partial charge in [0.15, 0.2) is 0 Å². The largest absolute Gasteiger partial charge is 0.481 e. The summed E-state index contributed by atoms with van der Waals surface area (Å²) in [6.45, 7) is 1.74. The highest BCUT2D eigenvalue weighted by molar-refractivity contribution is 6.35. The number of methoxy groups -OCH3 is 1. The molecular weight excluding hydrogens is 228 g/mol. The van der Waals surface area contributed by atoms with Gasteiger partial charge in [0.25, 0.3) is 0 Å². The van der Waals surface area contributed by atoms with E-state index in [-0.39, 0.29) is 6.61 Å². The number of aliphatic hydroxyl groups excluding tert-OH is 1. The van der Waals surface area contributed by atoms with E-state index in [1.807, 2.05) is 13.0 Å². The van der Waals surface area contributed by atoms with Crippen LogP contribution in [0.25, 0.3) is 11.0 Å². The van der Waals surface area contributed by atoms with E-state index in [9.17, 15) is 0 Å². The summed E-state index contributed by atoms with van der Waals surface area (Å²) in [5, 5.41) is 9.50. The van der Waals surface area contributed by atoms with Gasteiger partial charge in [0.2, 0.25) is 5.88 Å². The van der Waals surface area contributed by atoms with Crippen LogP contribution in [0.3, 0.4) is 0 Å². The average molecular weight is 239 g/mol. The van der Waals surface area contributed by atoms with Crippen molar-refractivity contribution in [3.8, 4) is 5.88 Å². The second-order valence-electron chi connectivity index (χ2n) is 3.44. The van der Waals surface area contributed by atoms with Crippen LogP contribution in [0, 0.1) is 6.92 Å². The fourth-order valence-electron chi connectivity index (χ4n) is 1.52. The molecule has 0 aliphatic rings. The first-order valence-electron chi connectivity index (χ1n) is 4.77. The first-order valence-corrected chi connectivity index (χ1v) is 5.14. The molecular formula is C11H11ClN2O2. The van der Waals surface area contributed by atoms with Crippen molar-refractivity contribution >= 4 is 22.6 Å². The fourth-order valence-corrected chi connectivity index (χ4v) is 1.76. The van der Waals surface area contributed by atoms with Gasteiger partial charge in [0.1, 0.15) is 5.52 Å². The van der Waals surface area contributed by atoms with Crippen LogP contribution in [-0.2, 0) is 6.61 Å². The van der Waals surface area contributed by atoms with Crippen molar-refractivity contribution in [1.82, 2.24) is 9.97 Å². The van der Waals surface area contributed by atoms with Crippen molar-refractivity contribution in [2.75, 3.05) is 7.11 Å². The maximum Gasteiger partial charge on any atom is 0.216 e. The standard InChI is InChI=1S/C11H11ClN2O2/c1-6-3-8-10(14-11(6)16-2)9(12)7(5-15)4-13-8/h3-4,15H,5H2,1-2H3. The van der Waals surface area contributed by atoms with Crippen molar-refractivity contribution in [2.24, 2.45) is 0 Å². The molecule has 84 valence electrons. The monoisotopic (exact) mass is 238 g/mol. The Balaban J connectivity index is 2.77. The Hall–Kier alpha value is -1.39. The lowest BCUT2D eigenvalue weighted by Crippen LogP contribution is -1.96. The average Bonchev–Trinajstić information content (AvgIpc) is 2.29. The second-order valence-corrected chi connectivity index (χ2v) is 3.82. The van der Waals surface area contributed by atoms with Gasteiger partial charge in [0, 0.05) is 17.3 Å². The van der Waals surface area contributed by atoms with Gasteiger partial charge in [-0.15, -0.1) is 0 Å². The number of halogens is 1. The van der Waals surface area contributed by atoms with E-state index >= 15 is 0 Å². The van der Waals surface area contributed by atoms with Crippen LogP contribution in [-0.4, -0.2) is 22.2 Å². The molecule has 0 aliphatic carbocycles. The zero-order valence-corrected chi connectivity index (χ0v) is 9.75. The van der Waals surface area contributed by atoms with Gasteiger partial charge >= 0.3 is 0 Å². The van der Waals surface area contributed by atoms with Gasteiger partial charge in [-0.25, -0.2) is 4.98 Å². The van der Waals surface area contributed by atoms with E-state index < -0.39 is 0 Å². The topological polar surface area (TPSA) is 55.2 Å². The molecule has 0 atom stereocenters. The third kappa shape index (κ3) is 1.70. The molecule has 0 saturated heterocycles. The van der Waals surface area contributed by atoms with Crippen molar-refractivity contribution in [3.63, 3.8) is 0 Å². The highest BCUT2D eigenvalue weighted by Crippen LogP contribution is 2.27. The third-order valence-corrected chi connectivity index (χ3v) is 2.78. The second kappa shape index (κ2) is 4.23. The molecule has 0 unspecified atom stereocenters. The predicted octanol–water partition coefficient (Wildman–Crippen LogP) is 2.09. The van der Waals surface area contributed by atoms with E-state index in [1.54, 1.807) is 13.3 Å². The number of pyridine rings is 2. The first-order chi connectivity index (χ1) is 7.67. The Bertz CT molecular complexity index is 543. The Morgan fingerprint density at radius 2 is 2.25 bits per heavy atom. The molecule has 2 aromatic heterocycles. The van der Waals surface area contributed by atoms with Crippen molar-refractivity contribution in [2.45, 2.75) is 13.5 Å². The van der Waals surface area contributed by atoms with E-state index in [2.05, 4.69) is 9.97 Å². The van der Waals surface area contributed by atoms with Crippen molar-refractivity contribution < 1.29 is 9.84 Å². The molecule has 0 aliphatic heterocycles. The predicted molar refractivity (Wildman–Crippen MR) is 61.8 cm³/mol. The minimum atomic E-state index is -0.153. The van der Waals surface area contributed by atoms with Crippen LogP contribution in [0.15, 0.2) is 12.3 Å². The molecule has 2 heterocycles. The third-order valence-electron chi connectivity index (χ3n) is 2.36. The summed E-state index contributed by atoms with van der Waals surface area (Å²) in [7, 11) is 1.55. The maximum atomic E-state index is 9.08. The Kier molecular flexibility index (Phi) is 2.94. The van der Waals surface area contributed by atoms with Crippen molar-refractivity contribution in [1.29, 1.82) is 0 Å². The Morgan fingerprint density at radius 3 is 2.88 bits per heavy atom. The maximum absolute atomic E-state index is 9.08. The molecule has 2 aromatic rings. The number of ether oxygens (including phenoxy) is 1. The molecule has 5 heteroatoms. The molecule has 4 nitrogen and oxygen atoms in total. The van der Waals surface area contributed by atoms with E-state index in [0.29, 0.717) is 27.5 Å². The lowest BCUT2D eigenvalue weighted by molar-refractivity contribution is 0.281. The van der Waals surface area contributed by atoms with Crippen molar-refractivity contribution in [3.05, 3.63) is 28.4 Å². The number of aromatic nitrogens is 2. The Labute approximate surface area is 97.9 Å². The smallest absolute Gasteiger partial charge is 0.216 e. The van der Waals surface area contributed by atoms with Gasteiger partial charge in [-0.2, -0.15) is 0 Å². The summed E-state index contributed by atoms with van der Waals surface area (Å²) in [5.41, 5.74) is 2.71. The lowest BCUT2D eigenvalue weighted by Gasteiger charge is -2.08. The minimum Gasteiger partial charge on any atom is -0.481 e. The van der Waals surface area contributed by atoms with E-state index in [1.165, 1.54) is 0 Å². The summed E-state index contributed by atoms with van der Waals surface area (Å²) in [5.74, 6) is 0.520. The summed E-state index contributed by atoms with van der Waals surface area (Å²) >= 11 is 6.10. The van der Waals surface area contributed by atoms with Crippen LogP contribution >= 0.6 is 11.6 Å². The summed E-state index contributed by atoms with van der Waals surface area (Å²) < 4.78 is 5.12. The Morgan fingerprint density at radius 1 is 1.50 bits per heavy atom. The molecule has 0 fully saturated rings. The number of aliphatic hydroxyl groups is 1. The van der Waals surface area contributed by atoms with Gasteiger partial charge in [-0.3, -0.25) is 4.98 Å². The fraction of sp³-hybridized carbons (Fsp3) is 0.273. The van der Waals surface area contributed by atoms with Gasteiger partial charge in [0.05, 0.1) is 24.3 Å². The van der Waals surface area contributed by atoms with Crippen LogP contribution in [0.1, 0.15) is 11.1 Å². The molecule has 16 heavy (non-hydrogen) atoms. The van der Waals surface area contributed by atoms with E-state index in [4.69, 9.17) is 21.4 Å². The van der Waals surface area contributed by atoms with Crippen LogP contribution in [0.2, 0.25) is 5.02 Å². The van der Waals surface area contributed by atoms with Gasteiger partial charge < -0.3 is 9.84 Å². The van der Waals surface area contributed by atoms with Crippen LogP contribution in [0.5, 0.6) is 5.88 Å². The lowest BCUT2D eigenvalue weighted by atomic mass is 10.2. The highest BCUT2D eigenvalue weighted by Gasteiger charge is 2.10. The quantitative estimate of drug-likeness (QED) is 0.871. The van der Waals surface area contributed by atoms with Crippen LogP contribution < -0.4 is 4.74 Å². The summed E-state index contributed by atoms with van der Waals surface area (Å²) in [6, 6.07) is 1.86. The van der Waals surface area contributed by atoms with Gasteiger partial charge in [-0.05, 0) is 13.0 Å². The molecule has 0 aromatic carbocycles. The molecule has 0 radical (unpaired) electrons.